The first-order chi connectivity index (χ1) is 10.8. The van der Waals surface area contributed by atoms with E-state index in [1.807, 2.05) is 0 Å². The molecule has 0 saturated heterocycles. The molecule has 122 valence electrons. The average Bonchev–Trinajstić information content (AvgIpc) is 3.10. The van der Waals surface area contributed by atoms with E-state index in [4.69, 9.17) is 4.74 Å². The van der Waals surface area contributed by atoms with Crippen molar-refractivity contribution in [2.24, 2.45) is 0 Å². The number of fused-ring (bicyclic) bond motifs is 1. The van der Waals surface area contributed by atoms with Gasteiger partial charge in [-0.25, -0.2) is 0 Å². The van der Waals surface area contributed by atoms with Crippen LogP contribution in [0.5, 0.6) is 5.75 Å². The molecule has 1 aliphatic rings. The highest BCUT2D eigenvalue weighted by Gasteiger charge is 2.38. The maximum Gasteiger partial charge on any atom is 0.417 e. The molecule has 1 N–H and O–H groups in total. The van der Waals surface area contributed by atoms with E-state index in [1.54, 1.807) is 6.92 Å². The number of nitrogens with one attached hydrogen (secondary N) is 1. The highest BCUT2D eigenvalue weighted by atomic mass is 32.2. The van der Waals surface area contributed by atoms with E-state index in [2.05, 4.69) is 5.10 Å². The van der Waals surface area contributed by atoms with Crippen LogP contribution in [0.3, 0.4) is 0 Å². The van der Waals surface area contributed by atoms with Crippen LogP contribution in [0, 0.1) is 0 Å². The van der Waals surface area contributed by atoms with E-state index < -0.39 is 17.5 Å². The van der Waals surface area contributed by atoms with Gasteiger partial charge in [0.2, 0.25) is 5.78 Å². The maximum atomic E-state index is 13.0. The number of hydrogen-bond donors (Lipinski definition) is 1. The van der Waals surface area contributed by atoms with Crippen molar-refractivity contribution in [3.05, 3.63) is 45.4 Å². The van der Waals surface area contributed by atoms with E-state index in [0.717, 1.165) is 30.0 Å². The Morgan fingerprint density at radius 2 is 2.17 bits per heavy atom. The molecule has 0 unspecified atom stereocenters. The predicted octanol–water partition coefficient (Wildman–Crippen LogP) is 2.89. The van der Waals surface area contributed by atoms with Gasteiger partial charge in [-0.15, -0.1) is 0 Å². The SMILES string of the molecule is CCn1[nH]c(C(=O)c2ccc(C(F)(F)F)c3c2OCS3)cc1=O. The number of thioether (sulfide) groups is 1. The van der Waals surface area contributed by atoms with Crippen molar-refractivity contribution >= 4 is 17.5 Å². The van der Waals surface area contributed by atoms with Crippen molar-refractivity contribution in [2.75, 3.05) is 5.94 Å². The molecule has 2 heterocycles. The molecule has 0 aliphatic carbocycles. The van der Waals surface area contributed by atoms with Gasteiger partial charge in [0.15, 0.2) is 0 Å². The Morgan fingerprint density at radius 1 is 1.43 bits per heavy atom. The number of hydrogen-bond acceptors (Lipinski definition) is 4. The Labute approximate surface area is 132 Å². The molecule has 0 amide bonds. The monoisotopic (exact) mass is 344 g/mol. The zero-order chi connectivity index (χ0) is 16.8. The zero-order valence-electron chi connectivity index (χ0n) is 11.9. The molecule has 2 aromatic rings. The first kappa shape index (κ1) is 15.7. The second-order valence-electron chi connectivity index (χ2n) is 4.80. The summed E-state index contributed by atoms with van der Waals surface area (Å²) in [5.74, 6) is -0.656. The summed E-state index contributed by atoms with van der Waals surface area (Å²) in [6, 6.07) is 3.07. The lowest BCUT2D eigenvalue weighted by Crippen LogP contribution is -2.14. The fourth-order valence-electron chi connectivity index (χ4n) is 2.33. The zero-order valence-corrected chi connectivity index (χ0v) is 12.7. The van der Waals surface area contributed by atoms with Crippen LogP contribution in [-0.2, 0) is 12.7 Å². The van der Waals surface area contributed by atoms with Crippen LogP contribution in [-0.4, -0.2) is 21.5 Å². The molecule has 23 heavy (non-hydrogen) atoms. The van der Waals surface area contributed by atoms with Gasteiger partial charge >= 0.3 is 6.18 Å². The van der Waals surface area contributed by atoms with Crippen LogP contribution in [0.1, 0.15) is 28.5 Å². The Kier molecular flexibility index (Phi) is 3.75. The van der Waals surface area contributed by atoms with E-state index in [9.17, 15) is 22.8 Å². The Bertz CT molecular complexity index is 839. The van der Waals surface area contributed by atoms with Gasteiger partial charge in [0, 0.05) is 12.6 Å². The largest absolute Gasteiger partial charge is 0.481 e. The minimum absolute atomic E-state index is 0.00232. The smallest absolute Gasteiger partial charge is 0.417 e. The van der Waals surface area contributed by atoms with Crippen LogP contribution in [0.2, 0.25) is 0 Å². The van der Waals surface area contributed by atoms with Crippen LogP contribution in [0.15, 0.2) is 27.9 Å². The lowest BCUT2D eigenvalue weighted by atomic mass is 10.0. The van der Waals surface area contributed by atoms with Gasteiger partial charge in [-0.3, -0.25) is 19.4 Å². The van der Waals surface area contributed by atoms with Crippen LogP contribution >= 0.6 is 11.8 Å². The number of ether oxygens (including phenoxy) is 1. The summed E-state index contributed by atoms with van der Waals surface area (Å²) in [4.78, 5) is 24.0. The molecule has 3 rings (SSSR count). The number of benzene rings is 1. The number of nitrogens with zero attached hydrogens (tertiary/aromatic N) is 1. The Hall–Kier alpha value is -2.16. The van der Waals surface area contributed by atoms with Gasteiger partial charge in [0.1, 0.15) is 17.4 Å². The molecule has 1 aromatic heterocycles. The summed E-state index contributed by atoms with van der Waals surface area (Å²) in [5.41, 5.74) is -1.19. The van der Waals surface area contributed by atoms with Gasteiger partial charge in [-0.2, -0.15) is 13.2 Å². The molecule has 5 nitrogen and oxygen atoms in total. The standard InChI is InChI=1S/C14H11F3N2O3S/c1-2-19-10(20)5-9(18-19)11(21)7-3-4-8(14(15,16)17)13-12(7)22-6-23-13/h3-5,18H,2,6H2,1H3. The molecular weight excluding hydrogens is 333 g/mol. The fraction of sp³-hybridized carbons (Fsp3) is 0.286. The number of halogens is 3. The third-order valence-corrected chi connectivity index (χ3v) is 4.35. The van der Waals surface area contributed by atoms with E-state index in [0.29, 0.717) is 6.54 Å². The lowest BCUT2D eigenvalue weighted by molar-refractivity contribution is -0.139. The minimum Gasteiger partial charge on any atom is -0.481 e. The molecule has 0 spiro atoms. The van der Waals surface area contributed by atoms with E-state index >= 15 is 0 Å². The Balaban J connectivity index is 2.09. The number of aryl methyl sites for hydroxylation is 1. The van der Waals surface area contributed by atoms with Crippen LogP contribution in [0.25, 0.3) is 0 Å². The fourth-order valence-corrected chi connectivity index (χ4v) is 3.26. The molecule has 1 aromatic carbocycles. The third-order valence-electron chi connectivity index (χ3n) is 3.42. The number of alkyl halides is 3. The average molecular weight is 344 g/mol. The van der Waals surface area contributed by atoms with Gasteiger partial charge < -0.3 is 4.74 Å². The van der Waals surface area contributed by atoms with Crippen molar-refractivity contribution in [2.45, 2.75) is 24.5 Å². The minimum atomic E-state index is -4.52. The predicted molar refractivity (Wildman–Crippen MR) is 77.0 cm³/mol. The summed E-state index contributed by atoms with van der Waals surface area (Å²) in [7, 11) is 0. The molecule has 0 atom stereocenters. The summed E-state index contributed by atoms with van der Waals surface area (Å²) < 4.78 is 45.4. The maximum absolute atomic E-state index is 13.0. The second-order valence-corrected chi connectivity index (χ2v) is 5.74. The van der Waals surface area contributed by atoms with Gasteiger partial charge in [0.05, 0.1) is 16.0 Å². The number of H-pyrrole nitrogens is 1. The van der Waals surface area contributed by atoms with Crippen molar-refractivity contribution in [1.29, 1.82) is 0 Å². The molecule has 1 aliphatic heterocycles. The summed E-state index contributed by atoms with van der Waals surface area (Å²) >= 11 is 0.889. The van der Waals surface area contributed by atoms with Crippen molar-refractivity contribution in [3.63, 3.8) is 0 Å². The topological polar surface area (TPSA) is 64.1 Å². The van der Waals surface area contributed by atoms with Gasteiger partial charge in [0.25, 0.3) is 5.56 Å². The molecule has 0 bridgehead atoms. The van der Waals surface area contributed by atoms with Crippen molar-refractivity contribution < 1.29 is 22.7 Å². The molecule has 9 heteroatoms. The Morgan fingerprint density at radius 3 is 2.78 bits per heavy atom. The molecule has 0 radical (unpaired) electrons. The van der Waals surface area contributed by atoms with Gasteiger partial charge in [-0.1, -0.05) is 11.8 Å². The number of ketones is 1. The third kappa shape index (κ3) is 2.65. The first-order valence-electron chi connectivity index (χ1n) is 6.67. The lowest BCUT2D eigenvalue weighted by Gasteiger charge is -2.12. The van der Waals surface area contributed by atoms with Crippen LogP contribution in [0.4, 0.5) is 13.2 Å². The quantitative estimate of drug-likeness (QED) is 0.870. The number of aromatic amines is 1. The van der Waals surface area contributed by atoms with Crippen molar-refractivity contribution in [3.8, 4) is 5.75 Å². The number of carbonyl (C=O) groups is 1. The number of aromatic nitrogens is 2. The van der Waals surface area contributed by atoms with E-state index in [1.165, 1.54) is 4.68 Å². The molecule has 0 saturated carbocycles. The highest BCUT2D eigenvalue weighted by molar-refractivity contribution is 7.99. The molecular formula is C14H11F3N2O3S. The summed E-state index contributed by atoms with van der Waals surface area (Å²) in [6.07, 6.45) is -4.52. The first-order valence-corrected chi connectivity index (χ1v) is 7.65. The van der Waals surface area contributed by atoms with E-state index in [-0.39, 0.29) is 33.4 Å². The summed E-state index contributed by atoms with van der Waals surface area (Å²) in [6.45, 7) is 2.07. The van der Waals surface area contributed by atoms with Gasteiger partial charge in [-0.05, 0) is 19.1 Å². The van der Waals surface area contributed by atoms with Crippen LogP contribution < -0.4 is 10.3 Å². The summed E-state index contributed by atoms with van der Waals surface area (Å²) in [5, 5.41) is 2.64. The number of carbonyl (C=O) groups excluding carboxylic acids is 1. The normalized spacial score (nSPS) is 13.7. The second kappa shape index (κ2) is 5.48. The highest BCUT2D eigenvalue weighted by Crippen LogP contribution is 2.47. The van der Waals surface area contributed by atoms with Crippen molar-refractivity contribution in [1.82, 2.24) is 9.78 Å². The number of rotatable bonds is 3. The molecule has 0 fully saturated rings.